The largest absolute Gasteiger partial charge is 0.223 e. The highest BCUT2D eigenvalue weighted by Crippen LogP contribution is 2.29. The number of benzene rings is 3. The molecule has 0 N–H and O–H groups in total. The molecular weight excluding hydrogens is 280 g/mol. The molecule has 0 radical (unpaired) electrons. The van der Waals surface area contributed by atoms with Crippen LogP contribution in [0.25, 0.3) is 32.9 Å². The van der Waals surface area contributed by atoms with Gasteiger partial charge in [-0.2, -0.15) is 0 Å². The first-order valence-corrected chi connectivity index (χ1v) is 7.10. The van der Waals surface area contributed by atoms with Crippen molar-refractivity contribution in [3.8, 4) is 11.3 Å². The molecule has 0 amide bonds. The summed E-state index contributed by atoms with van der Waals surface area (Å²) < 4.78 is 0. The van der Waals surface area contributed by atoms with Crippen LogP contribution in [0, 0.1) is 0 Å². The van der Waals surface area contributed by atoms with Crippen LogP contribution in [-0.4, -0.2) is 9.97 Å². The van der Waals surface area contributed by atoms with Gasteiger partial charge in [0, 0.05) is 10.9 Å². The van der Waals surface area contributed by atoms with E-state index in [4.69, 9.17) is 11.6 Å². The van der Waals surface area contributed by atoms with E-state index in [9.17, 15) is 0 Å². The van der Waals surface area contributed by atoms with Crippen LogP contribution >= 0.6 is 11.6 Å². The van der Waals surface area contributed by atoms with Crippen molar-refractivity contribution in [3.05, 3.63) is 72.0 Å². The molecule has 0 bridgehead atoms. The Bertz CT molecular complexity index is 963. The Morgan fingerprint density at radius 2 is 1.48 bits per heavy atom. The third kappa shape index (κ3) is 2.14. The van der Waals surface area contributed by atoms with Crippen LogP contribution in [0.3, 0.4) is 0 Å². The normalized spacial score (nSPS) is 11.1. The molecule has 3 heteroatoms. The van der Waals surface area contributed by atoms with Crippen LogP contribution in [0.2, 0.25) is 5.28 Å². The number of hydrogen-bond donors (Lipinski definition) is 0. The van der Waals surface area contributed by atoms with E-state index in [1.165, 1.54) is 10.8 Å². The molecule has 0 aliphatic heterocycles. The molecule has 0 saturated carbocycles. The summed E-state index contributed by atoms with van der Waals surface area (Å²) in [7, 11) is 0. The average molecular weight is 291 g/mol. The van der Waals surface area contributed by atoms with Crippen molar-refractivity contribution >= 4 is 33.3 Å². The fourth-order valence-electron chi connectivity index (χ4n) is 2.60. The van der Waals surface area contributed by atoms with Crippen molar-refractivity contribution < 1.29 is 0 Å². The molecule has 0 unspecified atom stereocenters. The molecule has 0 atom stereocenters. The van der Waals surface area contributed by atoms with Gasteiger partial charge in [-0.1, -0.05) is 54.6 Å². The van der Waals surface area contributed by atoms with Gasteiger partial charge in [0.1, 0.15) is 0 Å². The Morgan fingerprint density at radius 1 is 0.714 bits per heavy atom. The number of rotatable bonds is 1. The van der Waals surface area contributed by atoms with Gasteiger partial charge in [-0.25, -0.2) is 9.97 Å². The van der Waals surface area contributed by atoms with Gasteiger partial charge in [0.05, 0.1) is 11.2 Å². The molecule has 4 aromatic rings. The summed E-state index contributed by atoms with van der Waals surface area (Å²) in [6.45, 7) is 0. The van der Waals surface area contributed by atoms with Gasteiger partial charge in [0.15, 0.2) is 0 Å². The minimum absolute atomic E-state index is 0.275. The molecule has 3 aromatic carbocycles. The lowest BCUT2D eigenvalue weighted by molar-refractivity contribution is 1.22. The molecule has 21 heavy (non-hydrogen) atoms. The Kier molecular flexibility index (Phi) is 2.83. The van der Waals surface area contributed by atoms with E-state index >= 15 is 0 Å². The number of fused-ring (bicyclic) bond motifs is 2. The highest BCUT2D eigenvalue weighted by atomic mass is 35.5. The number of para-hydroxylation sites is 1. The SMILES string of the molecule is Clc1nc(-c2ccc3ccccc3c2)c2ccccc2n1. The Labute approximate surface area is 127 Å². The van der Waals surface area contributed by atoms with E-state index in [2.05, 4.69) is 40.3 Å². The summed E-state index contributed by atoms with van der Waals surface area (Å²) in [5.41, 5.74) is 2.78. The number of hydrogen-bond acceptors (Lipinski definition) is 2. The van der Waals surface area contributed by atoms with Crippen LogP contribution in [-0.2, 0) is 0 Å². The molecule has 0 fully saturated rings. The highest BCUT2D eigenvalue weighted by molar-refractivity contribution is 6.28. The fraction of sp³-hybridized carbons (Fsp3) is 0. The van der Waals surface area contributed by atoms with Crippen molar-refractivity contribution in [1.29, 1.82) is 0 Å². The maximum atomic E-state index is 6.07. The van der Waals surface area contributed by atoms with Crippen molar-refractivity contribution in [2.75, 3.05) is 0 Å². The summed E-state index contributed by atoms with van der Waals surface area (Å²) in [6.07, 6.45) is 0. The zero-order chi connectivity index (χ0) is 14.2. The molecule has 4 rings (SSSR count). The Balaban J connectivity index is 2.03. The van der Waals surface area contributed by atoms with E-state index < -0.39 is 0 Å². The zero-order valence-corrected chi connectivity index (χ0v) is 11.9. The van der Waals surface area contributed by atoms with E-state index in [0.29, 0.717) is 0 Å². The van der Waals surface area contributed by atoms with Crippen LogP contribution < -0.4 is 0 Å². The minimum Gasteiger partial charge on any atom is -0.218 e. The van der Waals surface area contributed by atoms with E-state index in [1.807, 2.05) is 36.4 Å². The van der Waals surface area contributed by atoms with Gasteiger partial charge in [-0.05, 0) is 34.5 Å². The van der Waals surface area contributed by atoms with Crippen LogP contribution in [0.15, 0.2) is 66.7 Å². The second-order valence-electron chi connectivity index (χ2n) is 4.92. The van der Waals surface area contributed by atoms with Gasteiger partial charge >= 0.3 is 0 Å². The van der Waals surface area contributed by atoms with Gasteiger partial charge < -0.3 is 0 Å². The van der Waals surface area contributed by atoms with E-state index in [1.54, 1.807) is 0 Å². The summed E-state index contributed by atoms with van der Waals surface area (Å²) in [6, 6.07) is 22.5. The Hall–Kier alpha value is -2.45. The lowest BCUT2D eigenvalue weighted by Crippen LogP contribution is -1.91. The van der Waals surface area contributed by atoms with Crippen molar-refractivity contribution in [1.82, 2.24) is 9.97 Å². The van der Waals surface area contributed by atoms with Crippen molar-refractivity contribution in [3.63, 3.8) is 0 Å². The molecule has 1 aromatic heterocycles. The molecule has 100 valence electrons. The summed E-state index contributed by atoms with van der Waals surface area (Å²) >= 11 is 6.07. The minimum atomic E-state index is 0.275. The molecule has 0 saturated heterocycles. The summed E-state index contributed by atoms with van der Waals surface area (Å²) in [5.74, 6) is 0. The van der Waals surface area contributed by atoms with E-state index in [0.717, 1.165) is 22.2 Å². The highest BCUT2D eigenvalue weighted by Gasteiger charge is 2.09. The van der Waals surface area contributed by atoms with Crippen LogP contribution in [0.1, 0.15) is 0 Å². The molecular formula is C18H11ClN2. The zero-order valence-electron chi connectivity index (χ0n) is 11.1. The number of nitrogens with zero attached hydrogens (tertiary/aromatic N) is 2. The monoisotopic (exact) mass is 290 g/mol. The first kappa shape index (κ1) is 12.3. The lowest BCUT2D eigenvalue weighted by Gasteiger charge is -2.07. The first-order chi connectivity index (χ1) is 10.3. The maximum absolute atomic E-state index is 6.07. The van der Waals surface area contributed by atoms with Gasteiger partial charge in [0.25, 0.3) is 0 Å². The third-order valence-electron chi connectivity index (χ3n) is 3.60. The second-order valence-corrected chi connectivity index (χ2v) is 5.26. The fourth-order valence-corrected chi connectivity index (χ4v) is 2.78. The quantitative estimate of drug-likeness (QED) is 0.456. The standard InChI is InChI=1S/C18H11ClN2/c19-18-20-16-8-4-3-7-15(16)17(21-18)14-10-9-12-5-1-2-6-13(12)11-14/h1-11H. The molecule has 0 spiro atoms. The second kappa shape index (κ2) is 4.83. The third-order valence-corrected chi connectivity index (χ3v) is 3.77. The predicted octanol–water partition coefficient (Wildman–Crippen LogP) is 5.10. The van der Waals surface area contributed by atoms with Crippen LogP contribution in [0.5, 0.6) is 0 Å². The molecule has 1 heterocycles. The van der Waals surface area contributed by atoms with Gasteiger partial charge in [0.2, 0.25) is 5.28 Å². The molecule has 0 aliphatic rings. The lowest BCUT2D eigenvalue weighted by atomic mass is 10.0. The maximum Gasteiger partial charge on any atom is 0.223 e. The van der Waals surface area contributed by atoms with Crippen molar-refractivity contribution in [2.24, 2.45) is 0 Å². The van der Waals surface area contributed by atoms with Gasteiger partial charge in [-0.15, -0.1) is 0 Å². The number of aromatic nitrogens is 2. The van der Waals surface area contributed by atoms with Gasteiger partial charge in [-0.3, -0.25) is 0 Å². The van der Waals surface area contributed by atoms with Crippen molar-refractivity contribution in [2.45, 2.75) is 0 Å². The predicted molar refractivity (Wildman–Crippen MR) is 87.5 cm³/mol. The first-order valence-electron chi connectivity index (χ1n) is 6.73. The number of halogens is 1. The summed E-state index contributed by atoms with van der Waals surface area (Å²) in [4.78, 5) is 8.71. The average Bonchev–Trinajstić information content (AvgIpc) is 2.53. The molecule has 0 aliphatic carbocycles. The topological polar surface area (TPSA) is 25.8 Å². The van der Waals surface area contributed by atoms with Crippen LogP contribution in [0.4, 0.5) is 0 Å². The molecule has 2 nitrogen and oxygen atoms in total. The van der Waals surface area contributed by atoms with E-state index in [-0.39, 0.29) is 5.28 Å². The summed E-state index contributed by atoms with van der Waals surface area (Å²) in [5, 5.41) is 3.69. The Morgan fingerprint density at radius 3 is 2.38 bits per heavy atom. The smallest absolute Gasteiger partial charge is 0.218 e.